The van der Waals surface area contributed by atoms with Crippen LogP contribution in [0.25, 0.3) is 0 Å². The fraction of sp³-hybridized carbons (Fsp3) is 0.789. The van der Waals surface area contributed by atoms with Crippen LogP contribution in [0.2, 0.25) is 0 Å². The van der Waals surface area contributed by atoms with Gasteiger partial charge in [-0.1, -0.05) is 0 Å². The lowest BCUT2D eigenvalue weighted by atomic mass is 10.1. The van der Waals surface area contributed by atoms with Crippen LogP contribution in [0.5, 0.6) is 0 Å². The molecular formula is C19H35IN6. The smallest absolute Gasteiger partial charge is 0.193 e. The lowest BCUT2D eigenvalue weighted by Crippen LogP contribution is -2.41. The molecule has 1 N–H and O–H groups in total. The molecule has 0 bridgehead atoms. The lowest BCUT2D eigenvalue weighted by Gasteiger charge is -2.23. The van der Waals surface area contributed by atoms with E-state index in [2.05, 4.69) is 42.8 Å². The van der Waals surface area contributed by atoms with Gasteiger partial charge < -0.3 is 19.7 Å². The van der Waals surface area contributed by atoms with Crippen LogP contribution in [0.15, 0.2) is 17.4 Å². The molecule has 2 aliphatic rings. The minimum atomic E-state index is 0. The molecule has 0 amide bonds. The average molecular weight is 474 g/mol. The average Bonchev–Trinajstić information content (AvgIpc) is 3.35. The van der Waals surface area contributed by atoms with E-state index in [0.29, 0.717) is 0 Å². The number of unbranched alkanes of at least 4 members (excludes halogenated alkanes) is 1. The summed E-state index contributed by atoms with van der Waals surface area (Å²) in [6.45, 7) is 10.3. The van der Waals surface area contributed by atoms with Crippen molar-refractivity contribution >= 4 is 29.9 Å². The lowest BCUT2D eigenvalue weighted by molar-refractivity contribution is 0.281. The van der Waals surface area contributed by atoms with E-state index in [0.717, 1.165) is 50.3 Å². The van der Waals surface area contributed by atoms with Gasteiger partial charge in [0.1, 0.15) is 5.82 Å². The largest absolute Gasteiger partial charge is 0.356 e. The monoisotopic (exact) mass is 474 g/mol. The quantitative estimate of drug-likeness (QED) is 0.286. The normalized spacial score (nSPS) is 21.2. The van der Waals surface area contributed by atoms with Gasteiger partial charge in [-0.25, -0.2) is 4.98 Å². The Morgan fingerprint density at radius 1 is 1.27 bits per heavy atom. The summed E-state index contributed by atoms with van der Waals surface area (Å²) in [6, 6.07) is 0. The van der Waals surface area contributed by atoms with Crippen molar-refractivity contribution in [3.63, 3.8) is 0 Å². The Morgan fingerprint density at radius 2 is 2.08 bits per heavy atom. The van der Waals surface area contributed by atoms with Gasteiger partial charge in [-0.15, -0.1) is 24.0 Å². The molecule has 2 aliphatic heterocycles. The highest BCUT2D eigenvalue weighted by Crippen LogP contribution is 2.19. The molecule has 0 spiro atoms. The molecule has 3 heterocycles. The van der Waals surface area contributed by atoms with Crippen molar-refractivity contribution in [3.8, 4) is 0 Å². The third kappa shape index (κ3) is 6.11. The van der Waals surface area contributed by atoms with Gasteiger partial charge in [0.2, 0.25) is 0 Å². The van der Waals surface area contributed by atoms with Crippen molar-refractivity contribution in [1.29, 1.82) is 0 Å². The van der Waals surface area contributed by atoms with E-state index in [1.165, 1.54) is 45.3 Å². The van der Waals surface area contributed by atoms with Gasteiger partial charge in [0.05, 0.1) is 0 Å². The molecule has 1 atom stereocenters. The summed E-state index contributed by atoms with van der Waals surface area (Å²) >= 11 is 0. The number of guanidine groups is 1. The van der Waals surface area contributed by atoms with Gasteiger partial charge in [0.15, 0.2) is 5.96 Å². The Balaban J connectivity index is 0.00000243. The number of hydrogen-bond donors (Lipinski definition) is 1. The SMILES string of the molecule is CN=C(NCCCCn1ccnc1C)N1CCC(CN2CCCC2)C1.I. The summed E-state index contributed by atoms with van der Waals surface area (Å²) in [5.41, 5.74) is 0. The van der Waals surface area contributed by atoms with Crippen molar-refractivity contribution in [2.24, 2.45) is 10.9 Å². The molecule has 6 nitrogen and oxygen atoms in total. The number of hydrogen-bond acceptors (Lipinski definition) is 3. The van der Waals surface area contributed by atoms with Gasteiger partial charge in [-0.05, 0) is 58.0 Å². The highest BCUT2D eigenvalue weighted by atomic mass is 127. The zero-order valence-electron chi connectivity index (χ0n) is 16.4. The van der Waals surface area contributed by atoms with Crippen molar-refractivity contribution in [3.05, 3.63) is 18.2 Å². The molecule has 7 heteroatoms. The first-order chi connectivity index (χ1) is 12.3. The number of aliphatic imine (C=N–C) groups is 1. The summed E-state index contributed by atoms with van der Waals surface area (Å²) in [5.74, 6) is 2.99. The topological polar surface area (TPSA) is 48.7 Å². The van der Waals surface area contributed by atoms with E-state index in [-0.39, 0.29) is 24.0 Å². The fourth-order valence-electron chi connectivity index (χ4n) is 4.08. The number of nitrogens with one attached hydrogen (secondary N) is 1. The summed E-state index contributed by atoms with van der Waals surface area (Å²) in [7, 11) is 1.91. The highest BCUT2D eigenvalue weighted by molar-refractivity contribution is 14.0. The van der Waals surface area contributed by atoms with Crippen LogP contribution in [0, 0.1) is 12.8 Å². The van der Waals surface area contributed by atoms with Crippen LogP contribution >= 0.6 is 24.0 Å². The molecule has 148 valence electrons. The maximum atomic E-state index is 4.50. The first-order valence-corrected chi connectivity index (χ1v) is 9.92. The second-order valence-corrected chi connectivity index (χ2v) is 7.46. The molecule has 2 fully saturated rings. The Kier molecular flexibility index (Phi) is 9.18. The van der Waals surface area contributed by atoms with E-state index in [1.54, 1.807) is 0 Å². The van der Waals surface area contributed by atoms with Crippen LogP contribution in [-0.2, 0) is 6.54 Å². The van der Waals surface area contributed by atoms with E-state index < -0.39 is 0 Å². The molecule has 1 aromatic rings. The maximum absolute atomic E-state index is 4.50. The third-order valence-corrected chi connectivity index (χ3v) is 5.54. The fourth-order valence-corrected chi connectivity index (χ4v) is 4.08. The number of aromatic nitrogens is 2. The molecule has 0 saturated carbocycles. The van der Waals surface area contributed by atoms with Crippen molar-refractivity contribution in [1.82, 2.24) is 24.7 Å². The molecule has 3 rings (SSSR count). The number of aryl methyl sites for hydroxylation is 2. The van der Waals surface area contributed by atoms with Crippen LogP contribution in [0.1, 0.15) is 37.9 Å². The molecule has 1 aromatic heterocycles. The van der Waals surface area contributed by atoms with Crippen molar-refractivity contribution < 1.29 is 0 Å². The molecular weight excluding hydrogens is 439 g/mol. The van der Waals surface area contributed by atoms with Gasteiger partial charge in [-0.2, -0.15) is 0 Å². The van der Waals surface area contributed by atoms with E-state index in [9.17, 15) is 0 Å². The number of imidazole rings is 1. The van der Waals surface area contributed by atoms with E-state index in [1.807, 2.05) is 13.2 Å². The molecule has 0 radical (unpaired) electrons. The Morgan fingerprint density at radius 3 is 2.77 bits per heavy atom. The second kappa shape index (κ2) is 11.1. The summed E-state index contributed by atoms with van der Waals surface area (Å²) in [4.78, 5) is 13.9. The second-order valence-electron chi connectivity index (χ2n) is 7.46. The van der Waals surface area contributed by atoms with Gasteiger partial charge >= 0.3 is 0 Å². The number of halogens is 1. The predicted molar refractivity (Wildman–Crippen MR) is 118 cm³/mol. The van der Waals surface area contributed by atoms with Crippen molar-refractivity contribution in [2.75, 3.05) is 46.3 Å². The number of rotatable bonds is 7. The molecule has 1 unspecified atom stereocenters. The summed E-state index contributed by atoms with van der Waals surface area (Å²) in [6.07, 6.45) is 10.3. The molecule has 2 saturated heterocycles. The Hall–Kier alpha value is -0.830. The van der Waals surface area contributed by atoms with Crippen LogP contribution in [0.4, 0.5) is 0 Å². The number of nitrogens with zero attached hydrogens (tertiary/aromatic N) is 5. The van der Waals surface area contributed by atoms with Gasteiger partial charge in [0, 0.05) is 52.2 Å². The Bertz CT molecular complexity index is 552. The molecule has 26 heavy (non-hydrogen) atoms. The van der Waals surface area contributed by atoms with Gasteiger partial charge in [-0.3, -0.25) is 4.99 Å². The zero-order valence-corrected chi connectivity index (χ0v) is 18.7. The first kappa shape index (κ1) is 21.5. The van der Waals surface area contributed by atoms with Crippen LogP contribution in [0.3, 0.4) is 0 Å². The van der Waals surface area contributed by atoms with Crippen molar-refractivity contribution in [2.45, 2.75) is 45.6 Å². The highest BCUT2D eigenvalue weighted by Gasteiger charge is 2.27. The minimum Gasteiger partial charge on any atom is -0.356 e. The standard InChI is InChI=1S/C19H34N6.HI/c1-17-21-9-14-24(17)12-4-3-8-22-19(20-2)25-13-7-18(16-25)15-23-10-5-6-11-23;/h9,14,18H,3-8,10-13,15-16H2,1-2H3,(H,20,22);1H. The predicted octanol–water partition coefficient (Wildman–Crippen LogP) is 2.58. The third-order valence-electron chi connectivity index (χ3n) is 5.54. The summed E-state index contributed by atoms with van der Waals surface area (Å²) in [5, 5.41) is 3.56. The Labute approximate surface area is 175 Å². The van der Waals surface area contributed by atoms with E-state index >= 15 is 0 Å². The minimum absolute atomic E-state index is 0. The molecule has 0 aromatic carbocycles. The summed E-state index contributed by atoms with van der Waals surface area (Å²) < 4.78 is 2.22. The van der Waals surface area contributed by atoms with Crippen LogP contribution in [-0.4, -0.2) is 71.6 Å². The van der Waals surface area contributed by atoms with E-state index in [4.69, 9.17) is 0 Å². The zero-order chi connectivity index (χ0) is 17.5. The molecule has 0 aliphatic carbocycles. The van der Waals surface area contributed by atoms with Gasteiger partial charge in [0.25, 0.3) is 0 Å². The van der Waals surface area contributed by atoms with Crippen LogP contribution < -0.4 is 5.32 Å². The first-order valence-electron chi connectivity index (χ1n) is 9.92. The number of likely N-dealkylation sites (tertiary alicyclic amines) is 2. The maximum Gasteiger partial charge on any atom is 0.193 e.